The first kappa shape index (κ1) is 16.0. The van der Waals surface area contributed by atoms with Crippen LogP contribution in [0.3, 0.4) is 0 Å². The van der Waals surface area contributed by atoms with Gasteiger partial charge in [0, 0.05) is 17.6 Å². The number of hydrogen-bond acceptors (Lipinski definition) is 3. The molecule has 2 N–H and O–H groups in total. The maximum Gasteiger partial charge on any atom is 0.238 e. The highest BCUT2D eigenvalue weighted by molar-refractivity contribution is 5.92. The molecule has 124 valence electrons. The first-order chi connectivity index (χ1) is 11.1. The largest absolute Gasteiger partial charge is 0.353 e. The topological polar surface area (TPSA) is 61.4 Å². The van der Waals surface area contributed by atoms with Crippen LogP contribution in [0.5, 0.6) is 0 Å². The number of carbonyl (C=O) groups excluding carboxylic acids is 2. The summed E-state index contributed by atoms with van der Waals surface area (Å²) in [6.45, 7) is 4.04. The van der Waals surface area contributed by atoms with E-state index < -0.39 is 0 Å². The van der Waals surface area contributed by atoms with Gasteiger partial charge in [0.05, 0.1) is 6.54 Å². The monoisotopic (exact) mass is 315 g/mol. The number of anilines is 1. The van der Waals surface area contributed by atoms with Gasteiger partial charge < -0.3 is 10.6 Å². The Labute approximate surface area is 137 Å². The third kappa shape index (κ3) is 4.79. The minimum Gasteiger partial charge on any atom is -0.353 e. The lowest BCUT2D eigenvalue weighted by Gasteiger charge is -2.30. The molecular weight excluding hydrogens is 290 g/mol. The Balaban J connectivity index is 1.40. The fourth-order valence-electron chi connectivity index (χ4n) is 2.94. The van der Waals surface area contributed by atoms with Crippen LogP contribution in [0.25, 0.3) is 0 Å². The first-order valence-corrected chi connectivity index (χ1v) is 8.49. The highest BCUT2D eigenvalue weighted by Gasteiger charge is 2.30. The van der Waals surface area contributed by atoms with Gasteiger partial charge in [0.25, 0.3) is 0 Å². The van der Waals surface area contributed by atoms with E-state index in [1.165, 1.54) is 5.56 Å². The lowest BCUT2D eigenvalue weighted by molar-refractivity contribution is -0.126. The molecule has 0 bridgehead atoms. The standard InChI is InChI=1S/C18H25N3O2/c1-13-2-4-15(5-3-13)19-17(22)12-21-10-8-14(9-11-21)18(23)20-16-6-7-16/h2-5,14,16H,6-12H2,1H3,(H,19,22)(H,20,23). The van der Waals surface area contributed by atoms with Crippen LogP contribution < -0.4 is 10.6 Å². The van der Waals surface area contributed by atoms with Gasteiger partial charge in [-0.1, -0.05) is 17.7 Å². The summed E-state index contributed by atoms with van der Waals surface area (Å²) >= 11 is 0. The number of nitrogens with zero attached hydrogens (tertiary/aromatic N) is 1. The Morgan fingerprint density at radius 1 is 1.09 bits per heavy atom. The van der Waals surface area contributed by atoms with Crippen LogP contribution in [0.2, 0.25) is 0 Å². The number of nitrogens with one attached hydrogen (secondary N) is 2. The van der Waals surface area contributed by atoms with Gasteiger partial charge in [0.1, 0.15) is 0 Å². The third-order valence-corrected chi connectivity index (χ3v) is 4.58. The molecule has 5 nitrogen and oxygen atoms in total. The number of aryl methyl sites for hydroxylation is 1. The molecule has 2 fully saturated rings. The molecule has 23 heavy (non-hydrogen) atoms. The summed E-state index contributed by atoms with van der Waals surface area (Å²) in [4.78, 5) is 26.3. The van der Waals surface area contributed by atoms with Crippen LogP contribution in [0.15, 0.2) is 24.3 Å². The lowest BCUT2D eigenvalue weighted by atomic mass is 9.96. The Kier molecular flexibility index (Phi) is 4.96. The van der Waals surface area contributed by atoms with Crippen LogP contribution in [0.1, 0.15) is 31.2 Å². The summed E-state index contributed by atoms with van der Waals surface area (Å²) in [7, 11) is 0. The van der Waals surface area contributed by atoms with Crippen molar-refractivity contribution in [2.45, 2.75) is 38.6 Å². The number of piperidine rings is 1. The van der Waals surface area contributed by atoms with Gasteiger partial charge in [-0.3, -0.25) is 14.5 Å². The molecule has 2 amide bonds. The summed E-state index contributed by atoms with van der Waals surface area (Å²) in [5, 5.41) is 6.00. The normalized spacial score (nSPS) is 19.3. The van der Waals surface area contributed by atoms with Gasteiger partial charge in [-0.05, 0) is 57.8 Å². The number of amides is 2. The zero-order chi connectivity index (χ0) is 16.2. The predicted molar refractivity (Wildman–Crippen MR) is 90.1 cm³/mol. The third-order valence-electron chi connectivity index (χ3n) is 4.58. The lowest BCUT2D eigenvalue weighted by Crippen LogP contribution is -2.43. The van der Waals surface area contributed by atoms with E-state index in [1.54, 1.807) is 0 Å². The minimum absolute atomic E-state index is 0.00901. The Bertz CT molecular complexity index is 558. The van der Waals surface area contributed by atoms with E-state index >= 15 is 0 Å². The molecule has 0 radical (unpaired) electrons. The van der Waals surface area contributed by atoms with Crippen molar-refractivity contribution in [3.05, 3.63) is 29.8 Å². The molecule has 1 aliphatic carbocycles. The molecule has 1 saturated heterocycles. The Morgan fingerprint density at radius 3 is 2.35 bits per heavy atom. The van der Waals surface area contributed by atoms with Gasteiger partial charge >= 0.3 is 0 Å². The van der Waals surface area contributed by atoms with Gasteiger partial charge in [-0.2, -0.15) is 0 Å². The van der Waals surface area contributed by atoms with Crippen molar-refractivity contribution in [1.29, 1.82) is 0 Å². The SMILES string of the molecule is Cc1ccc(NC(=O)CN2CCC(C(=O)NC3CC3)CC2)cc1. The molecule has 0 spiro atoms. The minimum atomic E-state index is 0.00901. The van der Waals surface area contributed by atoms with Crippen molar-refractivity contribution in [3.8, 4) is 0 Å². The van der Waals surface area contributed by atoms with Crippen LogP contribution >= 0.6 is 0 Å². The maximum absolute atomic E-state index is 12.1. The van der Waals surface area contributed by atoms with E-state index in [1.807, 2.05) is 31.2 Å². The van der Waals surface area contributed by atoms with E-state index in [0.29, 0.717) is 12.6 Å². The fourth-order valence-corrected chi connectivity index (χ4v) is 2.94. The van der Waals surface area contributed by atoms with Crippen molar-refractivity contribution >= 4 is 17.5 Å². The number of hydrogen-bond donors (Lipinski definition) is 2. The fraction of sp³-hybridized carbons (Fsp3) is 0.556. The second-order valence-corrected chi connectivity index (χ2v) is 6.75. The van der Waals surface area contributed by atoms with Crippen molar-refractivity contribution in [3.63, 3.8) is 0 Å². The van der Waals surface area contributed by atoms with E-state index in [2.05, 4.69) is 15.5 Å². The van der Waals surface area contributed by atoms with Crippen molar-refractivity contribution in [1.82, 2.24) is 10.2 Å². The zero-order valence-corrected chi connectivity index (χ0v) is 13.7. The average Bonchev–Trinajstić information content (AvgIpc) is 3.34. The summed E-state index contributed by atoms with van der Waals surface area (Å²) in [5.41, 5.74) is 2.01. The summed E-state index contributed by atoms with van der Waals surface area (Å²) in [5.74, 6) is 0.331. The number of benzene rings is 1. The predicted octanol–water partition coefficient (Wildman–Crippen LogP) is 1.92. The highest BCUT2D eigenvalue weighted by atomic mass is 16.2. The van der Waals surface area contributed by atoms with Crippen LogP contribution in [0, 0.1) is 12.8 Å². The second-order valence-electron chi connectivity index (χ2n) is 6.75. The smallest absolute Gasteiger partial charge is 0.238 e. The molecular formula is C18H25N3O2. The summed E-state index contributed by atoms with van der Waals surface area (Å²) in [6.07, 6.45) is 3.94. The van der Waals surface area contributed by atoms with Crippen LogP contribution in [0.4, 0.5) is 5.69 Å². The molecule has 5 heteroatoms. The summed E-state index contributed by atoms with van der Waals surface area (Å²) < 4.78 is 0. The van der Waals surface area contributed by atoms with Gasteiger partial charge in [-0.25, -0.2) is 0 Å². The first-order valence-electron chi connectivity index (χ1n) is 8.49. The number of rotatable bonds is 5. The molecule has 3 rings (SSSR count). The molecule has 1 aromatic carbocycles. The Morgan fingerprint density at radius 2 is 1.74 bits per heavy atom. The van der Waals surface area contributed by atoms with Gasteiger partial charge in [0.15, 0.2) is 0 Å². The van der Waals surface area contributed by atoms with Gasteiger partial charge in [0.2, 0.25) is 11.8 Å². The Hall–Kier alpha value is -1.88. The van der Waals surface area contributed by atoms with Gasteiger partial charge in [-0.15, -0.1) is 0 Å². The van der Waals surface area contributed by atoms with Crippen molar-refractivity contribution in [2.24, 2.45) is 5.92 Å². The van der Waals surface area contributed by atoms with Crippen LogP contribution in [-0.4, -0.2) is 42.4 Å². The van der Waals surface area contributed by atoms with E-state index in [0.717, 1.165) is 44.5 Å². The van der Waals surface area contributed by atoms with E-state index in [4.69, 9.17) is 0 Å². The van der Waals surface area contributed by atoms with E-state index in [-0.39, 0.29) is 17.7 Å². The van der Waals surface area contributed by atoms with Crippen molar-refractivity contribution < 1.29 is 9.59 Å². The molecule has 2 aliphatic rings. The molecule has 0 aromatic heterocycles. The maximum atomic E-state index is 12.1. The number of carbonyl (C=O) groups is 2. The second kappa shape index (κ2) is 7.13. The molecule has 0 atom stereocenters. The molecule has 1 aromatic rings. The molecule has 0 unspecified atom stereocenters. The van der Waals surface area contributed by atoms with Crippen molar-refractivity contribution in [2.75, 3.05) is 25.0 Å². The van der Waals surface area contributed by atoms with E-state index in [9.17, 15) is 9.59 Å². The molecule has 1 heterocycles. The average molecular weight is 315 g/mol. The zero-order valence-electron chi connectivity index (χ0n) is 13.7. The number of likely N-dealkylation sites (tertiary alicyclic amines) is 1. The van der Waals surface area contributed by atoms with Crippen LogP contribution in [-0.2, 0) is 9.59 Å². The molecule has 1 aliphatic heterocycles. The highest BCUT2D eigenvalue weighted by Crippen LogP contribution is 2.22. The molecule has 1 saturated carbocycles. The summed E-state index contributed by atoms with van der Waals surface area (Å²) in [6, 6.07) is 8.24. The quantitative estimate of drug-likeness (QED) is 0.873.